The summed E-state index contributed by atoms with van der Waals surface area (Å²) < 4.78 is 37.3. The SMILES string of the molecule is O=C(O)CC[C@H]1CN(S(=O)(=O)C(=O)OCc2ccccc2)c2ccccc2O1. The molecule has 28 heavy (non-hydrogen) atoms. The van der Waals surface area contributed by atoms with Gasteiger partial charge < -0.3 is 14.6 Å². The summed E-state index contributed by atoms with van der Waals surface area (Å²) in [7, 11) is -4.47. The fourth-order valence-corrected chi connectivity index (χ4v) is 3.97. The molecule has 8 nitrogen and oxygen atoms in total. The van der Waals surface area contributed by atoms with Gasteiger partial charge in [0.15, 0.2) is 0 Å². The van der Waals surface area contributed by atoms with Gasteiger partial charge in [0.1, 0.15) is 18.5 Å². The molecule has 2 aromatic carbocycles. The second-order valence-electron chi connectivity index (χ2n) is 6.20. The highest BCUT2D eigenvalue weighted by molar-refractivity contribution is 8.06. The molecule has 0 fully saturated rings. The van der Waals surface area contributed by atoms with Crippen molar-refractivity contribution in [3.63, 3.8) is 0 Å². The number of ether oxygens (including phenoxy) is 2. The first-order valence-electron chi connectivity index (χ1n) is 8.59. The second kappa shape index (κ2) is 8.30. The Kier molecular flexibility index (Phi) is 5.84. The average molecular weight is 405 g/mol. The van der Waals surface area contributed by atoms with Crippen LogP contribution in [0.4, 0.5) is 10.5 Å². The first-order chi connectivity index (χ1) is 13.4. The number of carbonyl (C=O) groups is 2. The first-order valence-corrected chi connectivity index (χ1v) is 10.0. The third kappa shape index (κ3) is 4.42. The molecule has 1 aliphatic rings. The van der Waals surface area contributed by atoms with E-state index in [0.717, 1.165) is 4.31 Å². The predicted octanol–water partition coefficient (Wildman–Crippen LogP) is 2.79. The zero-order valence-electron chi connectivity index (χ0n) is 14.9. The van der Waals surface area contributed by atoms with E-state index in [4.69, 9.17) is 14.6 Å². The van der Waals surface area contributed by atoms with Crippen molar-refractivity contribution in [3.8, 4) is 5.75 Å². The molecule has 0 bridgehead atoms. The number of aliphatic carboxylic acids is 1. The molecule has 2 aromatic rings. The first kappa shape index (κ1) is 19.7. The summed E-state index contributed by atoms with van der Waals surface area (Å²) >= 11 is 0. The Bertz CT molecular complexity index is 959. The maximum atomic E-state index is 12.8. The molecule has 1 aliphatic heterocycles. The second-order valence-corrected chi connectivity index (χ2v) is 7.92. The van der Waals surface area contributed by atoms with Crippen LogP contribution in [0, 0.1) is 0 Å². The van der Waals surface area contributed by atoms with Crippen LogP contribution in [-0.4, -0.2) is 37.4 Å². The fourth-order valence-electron chi connectivity index (χ4n) is 2.81. The summed E-state index contributed by atoms with van der Waals surface area (Å²) in [4.78, 5) is 23.2. The number of carbonyl (C=O) groups excluding carboxylic acids is 1. The van der Waals surface area contributed by atoms with Gasteiger partial charge in [-0.05, 0) is 24.1 Å². The third-order valence-electron chi connectivity index (χ3n) is 4.18. The van der Waals surface area contributed by atoms with Crippen molar-refractivity contribution in [2.45, 2.75) is 25.6 Å². The molecule has 0 radical (unpaired) electrons. The van der Waals surface area contributed by atoms with Crippen molar-refractivity contribution >= 4 is 27.0 Å². The smallest absolute Gasteiger partial charge is 0.445 e. The minimum absolute atomic E-state index is 0.106. The molecule has 0 amide bonds. The molecule has 1 N–H and O–H groups in total. The highest BCUT2D eigenvalue weighted by Crippen LogP contribution is 2.36. The molecule has 0 unspecified atom stereocenters. The van der Waals surface area contributed by atoms with E-state index in [2.05, 4.69) is 0 Å². The number of hydrogen-bond acceptors (Lipinski definition) is 6. The summed E-state index contributed by atoms with van der Waals surface area (Å²) in [5.74, 6) is -0.747. The van der Waals surface area contributed by atoms with Gasteiger partial charge in [-0.25, -0.2) is 4.79 Å². The number of carboxylic acid groups (broad SMARTS) is 1. The van der Waals surface area contributed by atoms with E-state index < -0.39 is 27.4 Å². The van der Waals surface area contributed by atoms with E-state index in [9.17, 15) is 18.0 Å². The molecule has 0 spiro atoms. The third-order valence-corrected chi connectivity index (χ3v) is 5.64. The fraction of sp³-hybridized carbons (Fsp3) is 0.263. The number of anilines is 1. The lowest BCUT2D eigenvalue weighted by Crippen LogP contribution is -2.46. The Balaban J connectivity index is 1.80. The molecule has 1 atom stereocenters. The molecular formula is C19H19NO7S. The monoisotopic (exact) mass is 405 g/mol. The molecular weight excluding hydrogens is 386 g/mol. The van der Waals surface area contributed by atoms with Gasteiger partial charge >= 0.3 is 21.3 Å². The number of hydrogen-bond donors (Lipinski definition) is 1. The topological polar surface area (TPSA) is 110 Å². The maximum absolute atomic E-state index is 12.8. The van der Waals surface area contributed by atoms with E-state index in [1.807, 2.05) is 0 Å². The van der Waals surface area contributed by atoms with Gasteiger partial charge in [-0.1, -0.05) is 42.5 Å². The van der Waals surface area contributed by atoms with Crippen LogP contribution in [-0.2, 0) is 26.2 Å². The van der Waals surface area contributed by atoms with Gasteiger partial charge in [0.25, 0.3) is 0 Å². The Morgan fingerprint density at radius 2 is 1.79 bits per heavy atom. The van der Waals surface area contributed by atoms with Crippen molar-refractivity contribution in [1.29, 1.82) is 0 Å². The summed E-state index contributed by atoms with van der Waals surface area (Å²) in [6.45, 7) is -0.347. The van der Waals surface area contributed by atoms with Crippen LogP contribution in [0.5, 0.6) is 5.75 Å². The number of sulfonamides is 1. The van der Waals surface area contributed by atoms with Crippen molar-refractivity contribution < 1.29 is 32.6 Å². The van der Waals surface area contributed by atoms with Crippen LogP contribution < -0.4 is 9.04 Å². The number of nitrogens with zero attached hydrogens (tertiary/aromatic N) is 1. The maximum Gasteiger partial charge on any atom is 0.445 e. The summed E-state index contributed by atoms with van der Waals surface area (Å²) in [5.41, 5.74) is 0.874. The van der Waals surface area contributed by atoms with Gasteiger partial charge in [-0.2, -0.15) is 8.42 Å². The number of fused-ring (bicyclic) bond motifs is 1. The number of benzene rings is 2. The van der Waals surface area contributed by atoms with Crippen LogP contribution in [0.25, 0.3) is 0 Å². The van der Waals surface area contributed by atoms with Gasteiger partial charge in [-0.3, -0.25) is 9.10 Å². The van der Waals surface area contributed by atoms with Crippen LogP contribution in [0.2, 0.25) is 0 Å². The van der Waals surface area contributed by atoms with Gasteiger partial charge in [0.05, 0.1) is 12.2 Å². The standard InChI is InChI=1S/C19H19NO7S/c21-18(22)11-10-15-12-20(16-8-4-5-9-17(16)27-15)28(24,25)19(23)26-13-14-6-2-1-3-7-14/h1-9,15H,10-13H2,(H,21,22)/t15-/m0/s1. The number of rotatable bonds is 6. The molecule has 0 saturated carbocycles. The molecule has 1 heterocycles. The van der Waals surface area contributed by atoms with Gasteiger partial charge in [-0.15, -0.1) is 0 Å². The lowest BCUT2D eigenvalue weighted by atomic mass is 10.1. The Hall–Kier alpha value is -3.07. The molecule has 0 aliphatic carbocycles. The van der Waals surface area contributed by atoms with Crippen LogP contribution in [0.3, 0.4) is 0 Å². The molecule has 9 heteroatoms. The average Bonchev–Trinajstić information content (AvgIpc) is 2.70. The highest BCUT2D eigenvalue weighted by atomic mass is 32.2. The summed E-state index contributed by atoms with van der Waals surface area (Å²) in [6.07, 6.45) is -0.767. The molecule has 3 rings (SSSR count). The quantitative estimate of drug-likeness (QED) is 0.736. The Morgan fingerprint density at radius 1 is 1.11 bits per heavy atom. The summed E-state index contributed by atoms with van der Waals surface area (Å²) in [6, 6.07) is 15.1. The predicted molar refractivity (Wildman–Crippen MR) is 101 cm³/mol. The van der Waals surface area contributed by atoms with Crippen LogP contribution in [0.1, 0.15) is 18.4 Å². The molecule has 148 valence electrons. The van der Waals surface area contributed by atoms with E-state index in [0.29, 0.717) is 5.56 Å². The van der Waals surface area contributed by atoms with Gasteiger partial charge in [0.2, 0.25) is 0 Å². The lowest BCUT2D eigenvalue weighted by Gasteiger charge is -2.34. The van der Waals surface area contributed by atoms with E-state index in [1.165, 1.54) is 6.07 Å². The van der Waals surface area contributed by atoms with E-state index >= 15 is 0 Å². The number of carboxylic acids is 1. The molecule has 0 aromatic heterocycles. The summed E-state index contributed by atoms with van der Waals surface area (Å²) in [5, 5.41) is 7.50. The number of para-hydroxylation sites is 2. The van der Waals surface area contributed by atoms with Crippen molar-refractivity contribution in [2.75, 3.05) is 10.8 Å². The largest absolute Gasteiger partial charge is 0.486 e. The minimum Gasteiger partial charge on any atom is -0.486 e. The van der Waals surface area contributed by atoms with Crippen molar-refractivity contribution in [2.24, 2.45) is 0 Å². The minimum atomic E-state index is -4.47. The highest BCUT2D eigenvalue weighted by Gasteiger charge is 2.39. The van der Waals surface area contributed by atoms with Gasteiger partial charge in [0, 0.05) is 6.42 Å². The van der Waals surface area contributed by atoms with Crippen LogP contribution in [0.15, 0.2) is 54.6 Å². The van der Waals surface area contributed by atoms with Crippen molar-refractivity contribution in [1.82, 2.24) is 0 Å². The van der Waals surface area contributed by atoms with Crippen molar-refractivity contribution in [3.05, 3.63) is 60.2 Å². The zero-order chi connectivity index (χ0) is 20.1. The Morgan fingerprint density at radius 3 is 2.50 bits per heavy atom. The zero-order valence-corrected chi connectivity index (χ0v) is 15.7. The van der Waals surface area contributed by atoms with Crippen LogP contribution >= 0.6 is 0 Å². The normalized spacial score (nSPS) is 16.0. The lowest BCUT2D eigenvalue weighted by molar-refractivity contribution is -0.137. The molecule has 0 saturated heterocycles. The Labute approximate surface area is 162 Å². The van der Waals surface area contributed by atoms with E-state index in [-0.39, 0.29) is 37.4 Å². The van der Waals surface area contributed by atoms with E-state index in [1.54, 1.807) is 48.5 Å².